The maximum absolute atomic E-state index is 13.4. The number of likely N-dealkylation sites (tertiary alicyclic amines) is 1. The molecule has 2 fully saturated rings. The molecule has 4 aromatic rings. The Hall–Kier alpha value is -4.28. The van der Waals surface area contributed by atoms with E-state index in [0.717, 1.165) is 65.8 Å². The summed E-state index contributed by atoms with van der Waals surface area (Å²) in [6, 6.07) is 12.5. The molecule has 0 radical (unpaired) electrons. The molecule has 11 nitrogen and oxygen atoms in total. The summed E-state index contributed by atoms with van der Waals surface area (Å²) in [5, 5.41) is 13.1. The van der Waals surface area contributed by atoms with E-state index in [2.05, 4.69) is 21.3 Å². The molecule has 4 aliphatic heterocycles. The molecule has 56 heavy (non-hydrogen) atoms. The molecule has 0 atom stereocenters. The molecule has 6 N–H and O–H groups in total. The lowest BCUT2D eigenvalue weighted by atomic mass is 9.78. The van der Waals surface area contributed by atoms with Gasteiger partial charge in [0.25, 0.3) is 0 Å². The molecule has 2 amide bonds. The summed E-state index contributed by atoms with van der Waals surface area (Å²) in [4.78, 5) is 39.4. The highest BCUT2D eigenvalue weighted by Gasteiger charge is 2.42. The number of hydrogen-bond acceptors (Lipinski definition) is 9. The number of halogens is 3. The third-order valence-corrected chi connectivity index (χ3v) is 10.9. The number of aryl methyl sites for hydroxylation is 4. The number of furan rings is 2. The van der Waals surface area contributed by atoms with Crippen LogP contribution in [0.3, 0.4) is 0 Å². The molecule has 0 unspecified atom stereocenters. The molecular weight excluding hydrogens is 833 g/mol. The number of nitrogens with zero attached hydrogens (tertiary/aromatic N) is 1. The van der Waals surface area contributed by atoms with Crippen LogP contribution in [0.2, 0.25) is 0 Å². The molecule has 8 rings (SSSR count). The molecule has 302 valence electrons. The number of ketones is 2. The Bertz CT molecular complexity index is 2040. The number of hydrogen-bond donors (Lipinski definition) is 5. The smallest absolute Gasteiger partial charge is 0.317 e. The standard InChI is InChI=1S/C21H24FN3O3.C13H15FN2O.C7H11NO.CH3I/c1-13-9-15(14(2)28-13)12-23-20(27)25-7-5-21(6-8-25)11-19(26)17-10-16(22)3-4-18(17)24-21;14-9-1-2-11-10(7-9)12(17)8-13(16-11)3-5-15-6-4-13;1-5-3-7(4-8)6(2)9-5;1-2/h3-4,9-10,24H,5-8,11-12H2,1-2H3,(H,23,27);1-2,7,15-16H,3-6,8H2;3H,4,8H2,1-2H3;1H3/i;;;1D. The van der Waals surface area contributed by atoms with Crippen LogP contribution in [0.5, 0.6) is 0 Å². The summed E-state index contributed by atoms with van der Waals surface area (Å²) in [7, 11) is 0. The Kier molecular flexibility index (Phi) is 13.9. The minimum atomic E-state index is -0.403. The van der Waals surface area contributed by atoms with E-state index in [4.69, 9.17) is 15.9 Å². The van der Waals surface area contributed by atoms with Gasteiger partial charge >= 0.3 is 6.03 Å². The second-order valence-electron chi connectivity index (χ2n) is 14.9. The Morgan fingerprint density at radius 2 is 1.29 bits per heavy atom. The fraction of sp³-hybridized carbons (Fsp3) is 0.452. The van der Waals surface area contributed by atoms with Crippen LogP contribution in [0.25, 0.3) is 0 Å². The van der Waals surface area contributed by atoms with Crippen LogP contribution in [0.1, 0.15) is 94.8 Å². The number of nitrogens with one attached hydrogen (secondary N) is 4. The van der Waals surface area contributed by atoms with Crippen molar-refractivity contribution in [2.75, 3.05) is 41.7 Å². The predicted molar refractivity (Wildman–Crippen MR) is 223 cm³/mol. The molecule has 2 aromatic carbocycles. The lowest BCUT2D eigenvalue weighted by Gasteiger charge is -2.45. The first-order valence-electron chi connectivity index (χ1n) is 19.5. The molecule has 0 aliphatic carbocycles. The van der Waals surface area contributed by atoms with Crippen LogP contribution in [0.15, 0.2) is 57.4 Å². The zero-order chi connectivity index (χ0) is 41.3. The summed E-state index contributed by atoms with van der Waals surface area (Å²) in [6.07, 6.45) is 4.03. The average Bonchev–Trinajstić information content (AvgIpc) is 3.69. The van der Waals surface area contributed by atoms with Crippen LogP contribution in [-0.2, 0) is 13.1 Å². The topological polar surface area (TPSA) is 155 Å². The summed E-state index contributed by atoms with van der Waals surface area (Å²) in [6.45, 7) is 11.6. The monoisotopic (exact) mass is 887 g/mol. The van der Waals surface area contributed by atoms with Crippen molar-refractivity contribution in [2.45, 2.75) is 90.4 Å². The number of fused-ring (bicyclic) bond motifs is 2. The van der Waals surface area contributed by atoms with Gasteiger partial charge < -0.3 is 40.7 Å². The maximum atomic E-state index is 13.4. The van der Waals surface area contributed by atoms with Gasteiger partial charge in [0.05, 0.1) is 0 Å². The van der Waals surface area contributed by atoms with Gasteiger partial charge in [0.1, 0.15) is 34.7 Å². The number of anilines is 2. The van der Waals surface area contributed by atoms with E-state index in [1.54, 1.807) is 17.0 Å². The van der Waals surface area contributed by atoms with Gasteiger partial charge in [0, 0.05) is 85.1 Å². The SMILES string of the molecule is Cc1cc(CN)c(C)o1.Cc1cc(CNC(=O)N2CCC3(CC2)CC(=O)c2cc(F)ccc2N3)c(C)o1.O=C1CC2(CCNCC2)Nc2ccc(F)cc21.[2H]CI. The Morgan fingerprint density at radius 1 is 0.821 bits per heavy atom. The number of rotatable bonds is 3. The fourth-order valence-electron chi connectivity index (χ4n) is 7.85. The zero-order valence-corrected chi connectivity index (χ0v) is 34.7. The highest BCUT2D eigenvalue weighted by Crippen LogP contribution is 2.38. The highest BCUT2D eigenvalue weighted by molar-refractivity contribution is 14.1. The lowest BCUT2D eigenvalue weighted by molar-refractivity contribution is 0.0911. The first-order chi connectivity index (χ1) is 27.2. The summed E-state index contributed by atoms with van der Waals surface area (Å²) < 4.78 is 43.4. The molecule has 2 saturated heterocycles. The van der Waals surface area contributed by atoms with Crippen molar-refractivity contribution in [3.05, 3.63) is 105 Å². The average molecular weight is 888 g/mol. The number of urea groups is 1. The van der Waals surface area contributed by atoms with Crippen molar-refractivity contribution < 1.29 is 33.4 Å². The normalized spacial score (nSPS) is 17.6. The number of nitrogens with two attached hydrogens (primary N) is 1. The van der Waals surface area contributed by atoms with E-state index in [-0.39, 0.29) is 34.5 Å². The van der Waals surface area contributed by atoms with E-state index in [1.807, 2.05) is 62.4 Å². The first-order valence-corrected chi connectivity index (χ1v) is 20.3. The van der Waals surface area contributed by atoms with E-state index in [9.17, 15) is 23.2 Å². The van der Waals surface area contributed by atoms with E-state index in [0.29, 0.717) is 73.6 Å². The van der Waals surface area contributed by atoms with Crippen molar-refractivity contribution >= 4 is 51.6 Å². The van der Waals surface area contributed by atoms with Crippen molar-refractivity contribution in [3.63, 3.8) is 0 Å². The van der Waals surface area contributed by atoms with Crippen molar-refractivity contribution in [2.24, 2.45) is 5.73 Å². The molecule has 6 heterocycles. The second kappa shape index (κ2) is 18.8. The van der Waals surface area contributed by atoms with Crippen LogP contribution in [0, 0.1) is 39.3 Å². The minimum Gasteiger partial charge on any atom is -0.466 e. The van der Waals surface area contributed by atoms with Crippen molar-refractivity contribution in [3.8, 4) is 0 Å². The van der Waals surface area contributed by atoms with Crippen LogP contribution in [0.4, 0.5) is 25.0 Å². The Morgan fingerprint density at radius 3 is 1.71 bits per heavy atom. The molecule has 4 aliphatic rings. The largest absolute Gasteiger partial charge is 0.466 e. The number of piperidine rings is 2. The van der Waals surface area contributed by atoms with E-state index in [1.165, 1.54) is 24.3 Å². The lowest BCUT2D eigenvalue weighted by Crippen LogP contribution is -2.55. The van der Waals surface area contributed by atoms with Gasteiger partial charge in [-0.25, -0.2) is 13.6 Å². The Labute approximate surface area is 342 Å². The summed E-state index contributed by atoms with van der Waals surface area (Å²) in [5.74, 6) is 2.78. The van der Waals surface area contributed by atoms with Crippen molar-refractivity contribution in [1.82, 2.24) is 15.5 Å². The molecule has 0 bridgehead atoms. The minimum absolute atomic E-state index is 0.0445. The quantitative estimate of drug-likeness (QED) is 0.101. The predicted octanol–water partition coefficient (Wildman–Crippen LogP) is 8.13. The van der Waals surface area contributed by atoms with Crippen molar-refractivity contribution in [1.29, 1.82) is 0 Å². The number of amides is 2. The van der Waals surface area contributed by atoms with Gasteiger partial charge in [-0.2, -0.15) is 0 Å². The third kappa shape index (κ3) is 10.4. The van der Waals surface area contributed by atoms with Gasteiger partial charge in [0.15, 0.2) is 11.6 Å². The van der Waals surface area contributed by atoms with Crippen LogP contribution >= 0.6 is 22.6 Å². The number of benzene rings is 2. The van der Waals surface area contributed by atoms with Gasteiger partial charge in [-0.15, -0.1) is 0 Å². The molecular formula is C42H53F2IN6O5. The van der Waals surface area contributed by atoms with E-state index < -0.39 is 5.82 Å². The van der Waals surface area contributed by atoms with Gasteiger partial charge in [-0.1, -0.05) is 22.6 Å². The number of alkyl halides is 1. The molecule has 2 aromatic heterocycles. The maximum Gasteiger partial charge on any atom is 0.317 e. The van der Waals surface area contributed by atoms with Gasteiger partial charge in [-0.05, 0) is 120 Å². The molecule has 0 saturated carbocycles. The van der Waals surface area contributed by atoms with Gasteiger partial charge in [-0.3, -0.25) is 9.59 Å². The third-order valence-electron chi connectivity index (χ3n) is 10.9. The molecule has 14 heteroatoms. The number of carbonyl (C=O) groups is 3. The zero-order valence-electron chi connectivity index (χ0n) is 33.5. The first kappa shape index (κ1) is 41.4. The number of Topliss-reactive ketones (excluding diaryl/α,β-unsaturated/α-hetero) is 2. The second-order valence-corrected chi connectivity index (χ2v) is 14.9. The highest BCUT2D eigenvalue weighted by atomic mass is 127. The summed E-state index contributed by atoms with van der Waals surface area (Å²) in [5.41, 5.74) is 9.37. The van der Waals surface area contributed by atoms with E-state index >= 15 is 0 Å². The molecule has 2 spiro atoms. The number of carbonyl (C=O) groups excluding carboxylic acids is 3. The van der Waals surface area contributed by atoms with Crippen LogP contribution < -0.4 is 27.0 Å². The van der Waals surface area contributed by atoms with Crippen LogP contribution in [-0.4, -0.2) is 64.7 Å². The Balaban J connectivity index is 0.000000180. The fourth-order valence-corrected chi connectivity index (χ4v) is 7.85. The summed E-state index contributed by atoms with van der Waals surface area (Å²) >= 11 is 1.96. The van der Waals surface area contributed by atoms with Gasteiger partial charge in [0.2, 0.25) is 0 Å².